The molecule has 0 aliphatic carbocycles. The Balaban J connectivity index is 1.75. The van der Waals surface area contributed by atoms with Crippen molar-refractivity contribution >= 4 is 0 Å². The van der Waals surface area contributed by atoms with E-state index in [1.165, 1.54) is 24.8 Å². The molecule has 104 valence electrons. The molecule has 1 aromatic carbocycles. The minimum absolute atomic E-state index is 0.174. The number of ether oxygens (including phenoxy) is 3. The van der Waals surface area contributed by atoms with Gasteiger partial charge in [0.15, 0.2) is 11.5 Å². The van der Waals surface area contributed by atoms with Gasteiger partial charge in [-0.15, -0.1) is 0 Å². The zero-order chi connectivity index (χ0) is 13.1. The Kier molecular flexibility index (Phi) is 3.89. The van der Waals surface area contributed by atoms with E-state index in [0.717, 1.165) is 18.0 Å². The van der Waals surface area contributed by atoms with Gasteiger partial charge in [0.2, 0.25) is 0 Å². The van der Waals surface area contributed by atoms with E-state index in [1.54, 1.807) is 7.11 Å². The van der Waals surface area contributed by atoms with Crippen LogP contribution in [0.25, 0.3) is 0 Å². The van der Waals surface area contributed by atoms with Gasteiger partial charge in [-0.2, -0.15) is 0 Å². The SMILES string of the molecule is COc1cc(C2CCCCN2)ccc1OC1COC1. The highest BCUT2D eigenvalue weighted by Crippen LogP contribution is 2.33. The van der Waals surface area contributed by atoms with Crippen LogP contribution in [0.1, 0.15) is 30.9 Å². The van der Waals surface area contributed by atoms with Crippen LogP contribution in [0.2, 0.25) is 0 Å². The third-order valence-electron chi connectivity index (χ3n) is 3.80. The number of hydrogen-bond acceptors (Lipinski definition) is 4. The first-order valence-corrected chi connectivity index (χ1v) is 7.02. The number of benzene rings is 1. The lowest BCUT2D eigenvalue weighted by molar-refractivity contribution is -0.0803. The maximum Gasteiger partial charge on any atom is 0.161 e. The van der Waals surface area contributed by atoms with Crippen molar-refractivity contribution in [1.29, 1.82) is 0 Å². The van der Waals surface area contributed by atoms with E-state index in [0.29, 0.717) is 19.3 Å². The summed E-state index contributed by atoms with van der Waals surface area (Å²) in [6, 6.07) is 6.70. The number of hydrogen-bond donors (Lipinski definition) is 1. The average molecular weight is 263 g/mol. The fourth-order valence-electron chi connectivity index (χ4n) is 2.60. The molecule has 19 heavy (non-hydrogen) atoms. The largest absolute Gasteiger partial charge is 0.493 e. The molecular weight excluding hydrogens is 242 g/mol. The fourth-order valence-corrected chi connectivity index (χ4v) is 2.60. The maximum absolute atomic E-state index is 5.84. The summed E-state index contributed by atoms with van der Waals surface area (Å²) < 4.78 is 16.4. The highest BCUT2D eigenvalue weighted by atomic mass is 16.6. The molecule has 4 heteroatoms. The van der Waals surface area contributed by atoms with Gasteiger partial charge in [-0.3, -0.25) is 0 Å². The predicted octanol–water partition coefficient (Wildman–Crippen LogP) is 2.29. The lowest BCUT2D eigenvalue weighted by Gasteiger charge is -2.28. The van der Waals surface area contributed by atoms with Gasteiger partial charge >= 0.3 is 0 Å². The molecule has 0 amide bonds. The number of piperidine rings is 1. The first-order valence-electron chi connectivity index (χ1n) is 7.02. The second-order valence-corrected chi connectivity index (χ2v) is 5.19. The summed E-state index contributed by atoms with van der Waals surface area (Å²) in [4.78, 5) is 0. The van der Waals surface area contributed by atoms with Gasteiger partial charge in [0.1, 0.15) is 6.10 Å². The molecule has 2 fully saturated rings. The molecule has 0 spiro atoms. The molecule has 0 radical (unpaired) electrons. The third-order valence-corrected chi connectivity index (χ3v) is 3.80. The summed E-state index contributed by atoms with van der Waals surface area (Å²) in [6.07, 6.45) is 3.93. The van der Waals surface area contributed by atoms with Crippen molar-refractivity contribution in [3.8, 4) is 11.5 Å². The summed E-state index contributed by atoms with van der Waals surface area (Å²) in [5.74, 6) is 1.63. The summed E-state index contributed by atoms with van der Waals surface area (Å²) in [5, 5.41) is 3.55. The monoisotopic (exact) mass is 263 g/mol. The molecule has 0 bridgehead atoms. The fraction of sp³-hybridized carbons (Fsp3) is 0.600. The van der Waals surface area contributed by atoms with Crippen molar-refractivity contribution in [3.63, 3.8) is 0 Å². The lowest BCUT2D eigenvalue weighted by atomic mass is 9.97. The van der Waals surface area contributed by atoms with Gasteiger partial charge in [0.05, 0.1) is 20.3 Å². The molecule has 3 rings (SSSR count). The molecular formula is C15H21NO3. The number of nitrogens with one attached hydrogen (secondary N) is 1. The third kappa shape index (κ3) is 2.85. The molecule has 2 heterocycles. The second kappa shape index (κ2) is 5.80. The van der Waals surface area contributed by atoms with Crippen LogP contribution in [0.3, 0.4) is 0 Å². The molecule has 2 aliphatic heterocycles. The Bertz CT molecular complexity index is 425. The first kappa shape index (κ1) is 12.8. The van der Waals surface area contributed by atoms with E-state index >= 15 is 0 Å². The number of rotatable bonds is 4. The van der Waals surface area contributed by atoms with E-state index in [1.807, 2.05) is 6.07 Å². The Morgan fingerprint density at radius 3 is 2.74 bits per heavy atom. The summed E-state index contributed by atoms with van der Waals surface area (Å²) >= 11 is 0. The van der Waals surface area contributed by atoms with Crippen molar-refractivity contribution in [1.82, 2.24) is 5.32 Å². The molecule has 1 aromatic rings. The van der Waals surface area contributed by atoms with E-state index in [-0.39, 0.29) is 6.10 Å². The predicted molar refractivity (Wildman–Crippen MR) is 72.8 cm³/mol. The molecule has 0 aromatic heterocycles. The van der Waals surface area contributed by atoms with Gasteiger partial charge in [-0.05, 0) is 37.1 Å². The molecule has 1 N–H and O–H groups in total. The topological polar surface area (TPSA) is 39.7 Å². The van der Waals surface area contributed by atoms with Crippen LogP contribution < -0.4 is 14.8 Å². The summed E-state index contributed by atoms with van der Waals surface area (Å²) in [5.41, 5.74) is 1.29. The van der Waals surface area contributed by atoms with Crippen molar-refractivity contribution in [2.45, 2.75) is 31.4 Å². The van der Waals surface area contributed by atoms with Crippen LogP contribution in [0.4, 0.5) is 0 Å². The quantitative estimate of drug-likeness (QED) is 0.904. The van der Waals surface area contributed by atoms with Gasteiger partial charge < -0.3 is 19.5 Å². The zero-order valence-electron chi connectivity index (χ0n) is 11.4. The molecule has 1 unspecified atom stereocenters. The van der Waals surface area contributed by atoms with Crippen molar-refractivity contribution < 1.29 is 14.2 Å². The van der Waals surface area contributed by atoms with Crippen LogP contribution in [-0.4, -0.2) is 33.0 Å². The minimum Gasteiger partial charge on any atom is -0.493 e. The van der Waals surface area contributed by atoms with E-state index in [9.17, 15) is 0 Å². The average Bonchev–Trinajstić information content (AvgIpc) is 2.44. The minimum atomic E-state index is 0.174. The Morgan fingerprint density at radius 1 is 1.21 bits per heavy atom. The molecule has 4 nitrogen and oxygen atoms in total. The van der Waals surface area contributed by atoms with Crippen molar-refractivity contribution in [2.75, 3.05) is 26.9 Å². The summed E-state index contributed by atoms with van der Waals surface area (Å²) in [6.45, 7) is 2.45. The van der Waals surface area contributed by atoms with Gasteiger partial charge in [0, 0.05) is 6.04 Å². The molecule has 0 saturated carbocycles. The smallest absolute Gasteiger partial charge is 0.161 e. The van der Waals surface area contributed by atoms with E-state index in [2.05, 4.69) is 17.4 Å². The standard InChI is InChI=1S/C15H21NO3/c1-17-15-8-11(13-4-2-3-7-16-13)5-6-14(15)19-12-9-18-10-12/h5-6,8,12-13,16H,2-4,7,9-10H2,1H3. The Morgan fingerprint density at radius 2 is 2.11 bits per heavy atom. The van der Waals surface area contributed by atoms with E-state index in [4.69, 9.17) is 14.2 Å². The van der Waals surface area contributed by atoms with E-state index < -0.39 is 0 Å². The first-order chi connectivity index (χ1) is 9.36. The van der Waals surface area contributed by atoms with Crippen LogP contribution >= 0.6 is 0 Å². The van der Waals surface area contributed by atoms with Gasteiger partial charge in [-0.1, -0.05) is 12.5 Å². The zero-order valence-corrected chi connectivity index (χ0v) is 11.4. The van der Waals surface area contributed by atoms with Crippen LogP contribution in [0, 0.1) is 0 Å². The Hall–Kier alpha value is -1.26. The van der Waals surface area contributed by atoms with Gasteiger partial charge in [-0.25, -0.2) is 0 Å². The Labute approximate surface area is 114 Å². The van der Waals surface area contributed by atoms with Crippen molar-refractivity contribution in [2.24, 2.45) is 0 Å². The lowest BCUT2D eigenvalue weighted by Crippen LogP contribution is -2.38. The van der Waals surface area contributed by atoms with Crippen molar-refractivity contribution in [3.05, 3.63) is 23.8 Å². The molecule has 2 aliphatic rings. The highest BCUT2D eigenvalue weighted by molar-refractivity contribution is 5.44. The van der Waals surface area contributed by atoms with Crippen LogP contribution in [0.5, 0.6) is 11.5 Å². The van der Waals surface area contributed by atoms with Gasteiger partial charge in [0.25, 0.3) is 0 Å². The maximum atomic E-state index is 5.84. The molecule has 1 atom stereocenters. The normalized spacial score (nSPS) is 23.7. The number of methoxy groups -OCH3 is 1. The van der Waals surface area contributed by atoms with Crippen LogP contribution in [0.15, 0.2) is 18.2 Å². The summed E-state index contributed by atoms with van der Waals surface area (Å²) in [7, 11) is 1.69. The molecule has 2 saturated heterocycles. The van der Waals surface area contributed by atoms with Crippen LogP contribution in [-0.2, 0) is 4.74 Å². The highest BCUT2D eigenvalue weighted by Gasteiger charge is 2.22. The second-order valence-electron chi connectivity index (χ2n) is 5.19.